The summed E-state index contributed by atoms with van der Waals surface area (Å²) in [5.41, 5.74) is 1.26. The van der Waals surface area contributed by atoms with Gasteiger partial charge in [0.05, 0.1) is 7.11 Å². The topological polar surface area (TPSA) is 53.0 Å². The third-order valence-corrected chi connectivity index (χ3v) is 4.19. The smallest absolute Gasteiger partial charge is 0.339 e. The molecule has 0 aliphatic carbocycles. The molecule has 0 radical (unpaired) electrons. The summed E-state index contributed by atoms with van der Waals surface area (Å²) in [5, 5.41) is 9.22. The van der Waals surface area contributed by atoms with Crippen molar-refractivity contribution in [1.82, 2.24) is 9.80 Å². The number of carbonyl (C=O) groups is 1. The highest BCUT2D eigenvalue weighted by Crippen LogP contribution is 2.22. The standard InChI is InChI=1S/C16H24N2O3/c1-17(2)13-6-8-18(9-7-13)11-12-4-5-15(21-3)14(10-12)16(19)20/h4-5,10,13H,6-9,11H2,1-3H3,(H,19,20). The number of hydrogen-bond acceptors (Lipinski definition) is 4. The molecule has 1 aromatic carbocycles. The Labute approximate surface area is 126 Å². The Morgan fingerprint density at radius 2 is 2.05 bits per heavy atom. The molecule has 1 saturated heterocycles. The van der Waals surface area contributed by atoms with Crippen molar-refractivity contribution in [1.29, 1.82) is 0 Å². The molecule has 1 N–H and O–H groups in total. The molecule has 1 aromatic rings. The van der Waals surface area contributed by atoms with Crippen molar-refractivity contribution in [3.05, 3.63) is 29.3 Å². The highest BCUT2D eigenvalue weighted by atomic mass is 16.5. The molecule has 1 heterocycles. The number of nitrogens with zero attached hydrogens (tertiary/aromatic N) is 2. The van der Waals surface area contributed by atoms with E-state index in [1.165, 1.54) is 7.11 Å². The number of aromatic carboxylic acids is 1. The molecule has 5 heteroatoms. The zero-order valence-corrected chi connectivity index (χ0v) is 13.0. The lowest BCUT2D eigenvalue weighted by Gasteiger charge is -2.35. The van der Waals surface area contributed by atoms with Crippen LogP contribution in [0.3, 0.4) is 0 Å². The van der Waals surface area contributed by atoms with E-state index in [4.69, 9.17) is 4.74 Å². The van der Waals surface area contributed by atoms with E-state index in [0.29, 0.717) is 11.8 Å². The third-order valence-electron chi connectivity index (χ3n) is 4.19. The molecule has 0 spiro atoms. The Bertz CT molecular complexity index is 494. The number of likely N-dealkylation sites (tertiary alicyclic amines) is 1. The number of piperidine rings is 1. The van der Waals surface area contributed by atoms with E-state index in [2.05, 4.69) is 23.9 Å². The van der Waals surface area contributed by atoms with Crippen molar-refractivity contribution < 1.29 is 14.6 Å². The molecule has 21 heavy (non-hydrogen) atoms. The van der Waals surface area contributed by atoms with Crippen LogP contribution in [0.2, 0.25) is 0 Å². The number of ether oxygens (including phenoxy) is 1. The van der Waals surface area contributed by atoms with Crippen LogP contribution in [-0.4, -0.2) is 61.2 Å². The second kappa shape index (κ2) is 6.91. The fourth-order valence-corrected chi connectivity index (χ4v) is 2.87. The molecule has 2 rings (SSSR count). The first-order valence-electron chi connectivity index (χ1n) is 7.30. The van der Waals surface area contributed by atoms with Gasteiger partial charge in [-0.2, -0.15) is 0 Å². The van der Waals surface area contributed by atoms with Gasteiger partial charge in [0.2, 0.25) is 0 Å². The van der Waals surface area contributed by atoms with Gasteiger partial charge < -0.3 is 14.7 Å². The number of hydrogen-bond donors (Lipinski definition) is 1. The average molecular weight is 292 g/mol. The molecule has 5 nitrogen and oxygen atoms in total. The minimum absolute atomic E-state index is 0.234. The second-order valence-corrected chi connectivity index (χ2v) is 5.81. The summed E-state index contributed by atoms with van der Waals surface area (Å²) in [6, 6.07) is 6.07. The number of carboxylic acid groups (broad SMARTS) is 1. The van der Waals surface area contributed by atoms with E-state index < -0.39 is 5.97 Å². The maximum Gasteiger partial charge on any atom is 0.339 e. The minimum atomic E-state index is -0.944. The van der Waals surface area contributed by atoms with E-state index in [-0.39, 0.29) is 5.56 Å². The van der Waals surface area contributed by atoms with Gasteiger partial charge >= 0.3 is 5.97 Å². The molecule has 0 aromatic heterocycles. The predicted molar refractivity (Wildman–Crippen MR) is 81.9 cm³/mol. The largest absolute Gasteiger partial charge is 0.496 e. The van der Waals surface area contributed by atoms with Crippen LogP contribution < -0.4 is 4.74 Å². The Kier molecular flexibility index (Phi) is 5.20. The zero-order valence-electron chi connectivity index (χ0n) is 13.0. The van der Waals surface area contributed by atoms with Gasteiger partial charge in [0.15, 0.2) is 0 Å². The first kappa shape index (κ1) is 15.8. The van der Waals surface area contributed by atoms with Gasteiger partial charge in [-0.3, -0.25) is 4.90 Å². The Hall–Kier alpha value is -1.59. The summed E-state index contributed by atoms with van der Waals surface area (Å²) in [6.07, 6.45) is 2.32. The molecule has 0 atom stereocenters. The number of benzene rings is 1. The molecule has 0 amide bonds. The van der Waals surface area contributed by atoms with Crippen LogP contribution in [0.1, 0.15) is 28.8 Å². The lowest BCUT2D eigenvalue weighted by Crippen LogP contribution is -2.41. The molecule has 1 aliphatic rings. The van der Waals surface area contributed by atoms with Gasteiger partial charge in [-0.1, -0.05) is 6.07 Å². The summed E-state index contributed by atoms with van der Waals surface area (Å²) in [7, 11) is 5.75. The van der Waals surface area contributed by atoms with Crippen LogP contribution in [0.5, 0.6) is 5.75 Å². The van der Waals surface area contributed by atoms with Crippen LogP contribution in [-0.2, 0) is 6.54 Å². The van der Waals surface area contributed by atoms with Crippen LogP contribution in [0.15, 0.2) is 18.2 Å². The molecule has 1 fully saturated rings. The van der Waals surface area contributed by atoms with Crippen LogP contribution in [0.25, 0.3) is 0 Å². The normalized spacial score (nSPS) is 17.1. The van der Waals surface area contributed by atoms with Gasteiger partial charge in [0.1, 0.15) is 11.3 Å². The average Bonchev–Trinajstić information content (AvgIpc) is 2.47. The molecular weight excluding hydrogens is 268 g/mol. The number of rotatable bonds is 5. The van der Waals surface area contributed by atoms with Gasteiger partial charge in [-0.15, -0.1) is 0 Å². The number of carboxylic acids is 1. The molecule has 1 aliphatic heterocycles. The summed E-state index contributed by atoms with van der Waals surface area (Å²) >= 11 is 0. The lowest BCUT2D eigenvalue weighted by atomic mass is 10.0. The summed E-state index contributed by atoms with van der Waals surface area (Å²) < 4.78 is 5.09. The highest BCUT2D eigenvalue weighted by molar-refractivity contribution is 5.91. The van der Waals surface area contributed by atoms with Crippen molar-refractivity contribution in [3.8, 4) is 5.75 Å². The monoisotopic (exact) mass is 292 g/mol. The molecule has 0 unspecified atom stereocenters. The van der Waals surface area contributed by atoms with Crippen molar-refractivity contribution >= 4 is 5.97 Å². The third kappa shape index (κ3) is 3.95. The molecule has 116 valence electrons. The van der Waals surface area contributed by atoms with Crippen molar-refractivity contribution in [2.45, 2.75) is 25.4 Å². The van der Waals surface area contributed by atoms with Crippen LogP contribution in [0.4, 0.5) is 0 Å². The Balaban J connectivity index is 2.01. The van der Waals surface area contributed by atoms with E-state index in [1.807, 2.05) is 6.07 Å². The van der Waals surface area contributed by atoms with E-state index in [1.54, 1.807) is 12.1 Å². The fraction of sp³-hybridized carbons (Fsp3) is 0.562. The van der Waals surface area contributed by atoms with E-state index in [0.717, 1.165) is 38.0 Å². The quantitative estimate of drug-likeness (QED) is 0.898. The Morgan fingerprint density at radius 3 is 2.57 bits per heavy atom. The highest BCUT2D eigenvalue weighted by Gasteiger charge is 2.21. The van der Waals surface area contributed by atoms with Gasteiger partial charge in [-0.05, 0) is 57.7 Å². The second-order valence-electron chi connectivity index (χ2n) is 5.81. The Morgan fingerprint density at radius 1 is 1.38 bits per heavy atom. The first-order chi connectivity index (χ1) is 10.0. The zero-order chi connectivity index (χ0) is 15.4. The van der Waals surface area contributed by atoms with Gasteiger partial charge in [0, 0.05) is 12.6 Å². The fourth-order valence-electron chi connectivity index (χ4n) is 2.87. The summed E-state index contributed by atoms with van der Waals surface area (Å²) in [4.78, 5) is 15.9. The predicted octanol–water partition coefficient (Wildman–Crippen LogP) is 1.92. The van der Waals surface area contributed by atoms with Crippen molar-refractivity contribution in [2.75, 3.05) is 34.3 Å². The summed E-state index contributed by atoms with van der Waals surface area (Å²) in [5.74, 6) is -0.530. The number of methoxy groups -OCH3 is 1. The van der Waals surface area contributed by atoms with Crippen molar-refractivity contribution in [3.63, 3.8) is 0 Å². The maximum absolute atomic E-state index is 11.2. The minimum Gasteiger partial charge on any atom is -0.496 e. The van der Waals surface area contributed by atoms with Crippen LogP contribution >= 0.6 is 0 Å². The maximum atomic E-state index is 11.2. The molecule has 0 bridgehead atoms. The lowest BCUT2D eigenvalue weighted by molar-refractivity contribution is 0.0693. The van der Waals surface area contributed by atoms with E-state index in [9.17, 15) is 9.90 Å². The van der Waals surface area contributed by atoms with Gasteiger partial charge in [-0.25, -0.2) is 4.79 Å². The van der Waals surface area contributed by atoms with Gasteiger partial charge in [0.25, 0.3) is 0 Å². The summed E-state index contributed by atoms with van der Waals surface area (Å²) in [6.45, 7) is 2.90. The SMILES string of the molecule is COc1ccc(CN2CCC(N(C)C)CC2)cc1C(=O)O. The van der Waals surface area contributed by atoms with E-state index >= 15 is 0 Å². The molecular formula is C16H24N2O3. The first-order valence-corrected chi connectivity index (χ1v) is 7.30. The molecule has 0 saturated carbocycles. The van der Waals surface area contributed by atoms with Crippen molar-refractivity contribution in [2.24, 2.45) is 0 Å². The van der Waals surface area contributed by atoms with Crippen LogP contribution in [0, 0.1) is 0 Å².